The first kappa shape index (κ1) is 17.2. The fourth-order valence-corrected chi connectivity index (χ4v) is 3.08. The average molecular weight is 336 g/mol. The van der Waals surface area contributed by atoms with Crippen LogP contribution in [-0.4, -0.2) is 29.0 Å². The number of fused-ring (bicyclic) bond motifs is 2. The van der Waals surface area contributed by atoms with E-state index in [1.165, 1.54) is 0 Å². The minimum Gasteiger partial charge on any atom is -0.344 e. The number of aromatic nitrogens is 1. The van der Waals surface area contributed by atoms with Crippen molar-refractivity contribution in [3.05, 3.63) is 58.8 Å². The van der Waals surface area contributed by atoms with Crippen molar-refractivity contribution in [1.29, 1.82) is 0 Å². The van der Waals surface area contributed by atoms with Crippen molar-refractivity contribution in [2.75, 3.05) is 13.6 Å². The molecule has 3 rings (SSSR count). The number of pyridine rings is 1. The lowest BCUT2D eigenvalue weighted by Gasteiger charge is -2.21. The molecule has 1 heterocycles. The molecule has 0 saturated heterocycles. The van der Waals surface area contributed by atoms with Gasteiger partial charge in [-0.15, -0.1) is 0 Å². The molecule has 0 atom stereocenters. The van der Waals surface area contributed by atoms with E-state index in [1.807, 2.05) is 60.1 Å². The molecular formula is C21H24N2O2. The van der Waals surface area contributed by atoms with E-state index in [0.717, 1.165) is 24.0 Å². The third-order valence-corrected chi connectivity index (χ3v) is 4.64. The van der Waals surface area contributed by atoms with Crippen LogP contribution >= 0.6 is 0 Å². The summed E-state index contributed by atoms with van der Waals surface area (Å²) in [6.07, 6.45) is 0.980. The summed E-state index contributed by atoms with van der Waals surface area (Å²) in [5, 5.41) is 1.30. The zero-order valence-electron chi connectivity index (χ0n) is 15.0. The largest absolute Gasteiger partial charge is 0.344 e. The number of benzene rings is 2. The highest BCUT2D eigenvalue weighted by Crippen LogP contribution is 2.19. The molecule has 0 bridgehead atoms. The van der Waals surface area contributed by atoms with Gasteiger partial charge < -0.3 is 9.47 Å². The van der Waals surface area contributed by atoms with E-state index in [9.17, 15) is 9.59 Å². The number of hydrogen-bond acceptors (Lipinski definition) is 2. The first-order valence-electron chi connectivity index (χ1n) is 8.73. The van der Waals surface area contributed by atoms with Crippen LogP contribution in [0.25, 0.3) is 21.8 Å². The van der Waals surface area contributed by atoms with Crippen LogP contribution in [0.5, 0.6) is 0 Å². The zero-order chi connectivity index (χ0) is 18.0. The predicted octanol–water partition coefficient (Wildman–Crippen LogP) is 3.66. The molecule has 0 aliphatic heterocycles. The minimum atomic E-state index is 0.0167. The van der Waals surface area contributed by atoms with Crippen molar-refractivity contribution in [1.82, 2.24) is 9.47 Å². The third kappa shape index (κ3) is 3.43. The highest BCUT2D eigenvalue weighted by molar-refractivity contribution is 5.94. The van der Waals surface area contributed by atoms with E-state index in [1.54, 1.807) is 4.90 Å². The van der Waals surface area contributed by atoms with Gasteiger partial charge in [-0.05, 0) is 36.6 Å². The number of carbonyl (C=O) groups excluding carboxylic acids is 1. The molecule has 130 valence electrons. The lowest BCUT2D eigenvalue weighted by Crippen LogP contribution is -2.32. The minimum absolute atomic E-state index is 0.0167. The van der Waals surface area contributed by atoms with Gasteiger partial charge in [-0.1, -0.05) is 38.1 Å². The van der Waals surface area contributed by atoms with Gasteiger partial charge in [-0.25, -0.2) is 0 Å². The first-order chi connectivity index (χ1) is 12.0. The van der Waals surface area contributed by atoms with Crippen molar-refractivity contribution in [3.63, 3.8) is 0 Å². The number of carbonyl (C=O) groups is 1. The molecule has 3 aromatic rings. The zero-order valence-corrected chi connectivity index (χ0v) is 15.0. The summed E-state index contributed by atoms with van der Waals surface area (Å²) in [6.45, 7) is 5.28. The Balaban J connectivity index is 2.06. The molecule has 0 aliphatic rings. The SMILES string of the molecule is CC(C)CCN(C)C(=O)Cn1c2ccccc2c(=O)c2ccccc21. The van der Waals surface area contributed by atoms with Crippen LogP contribution in [0, 0.1) is 5.92 Å². The van der Waals surface area contributed by atoms with Crippen LogP contribution in [-0.2, 0) is 11.3 Å². The van der Waals surface area contributed by atoms with Crippen LogP contribution in [0.15, 0.2) is 53.3 Å². The molecule has 4 heteroatoms. The Labute approximate surface area is 147 Å². The quantitative estimate of drug-likeness (QED) is 0.667. The third-order valence-electron chi connectivity index (χ3n) is 4.64. The Morgan fingerprint density at radius 3 is 2.04 bits per heavy atom. The molecule has 25 heavy (non-hydrogen) atoms. The molecule has 0 saturated carbocycles. The van der Waals surface area contributed by atoms with Crippen molar-refractivity contribution in [2.45, 2.75) is 26.8 Å². The molecule has 1 amide bonds. The van der Waals surface area contributed by atoms with Gasteiger partial charge in [-0.3, -0.25) is 9.59 Å². The molecule has 2 aromatic carbocycles. The summed E-state index contributed by atoms with van der Waals surface area (Å²) >= 11 is 0. The van der Waals surface area contributed by atoms with Crippen LogP contribution in [0.4, 0.5) is 0 Å². The normalized spacial score (nSPS) is 11.4. The lowest BCUT2D eigenvalue weighted by molar-refractivity contribution is -0.130. The number of para-hydroxylation sites is 2. The number of rotatable bonds is 5. The Morgan fingerprint density at radius 1 is 1.00 bits per heavy atom. The number of amides is 1. The van der Waals surface area contributed by atoms with Crippen molar-refractivity contribution in [2.24, 2.45) is 5.92 Å². The van der Waals surface area contributed by atoms with Crippen LogP contribution < -0.4 is 5.43 Å². The van der Waals surface area contributed by atoms with Crippen LogP contribution in [0.1, 0.15) is 20.3 Å². The number of likely N-dealkylation sites (N-methyl/N-ethyl adjacent to an activating group) is 1. The van der Waals surface area contributed by atoms with Gasteiger partial charge >= 0.3 is 0 Å². The summed E-state index contributed by atoms with van der Waals surface area (Å²) in [5.41, 5.74) is 1.62. The highest BCUT2D eigenvalue weighted by Gasteiger charge is 2.15. The van der Waals surface area contributed by atoms with Crippen molar-refractivity contribution < 1.29 is 4.79 Å². The molecule has 0 fully saturated rings. The summed E-state index contributed by atoms with van der Waals surface area (Å²) < 4.78 is 1.96. The maximum absolute atomic E-state index is 12.7. The molecule has 0 radical (unpaired) electrons. The second kappa shape index (κ2) is 7.09. The van der Waals surface area contributed by atoms with E-state index in [-0.39, 0.29) is 17.9 Å². The number of nitrogens with zero attached hydrogens (tertiary/aromatic N) is 2. The predicted molar refractivity (Wildman–Crippen MR) is 103 cm³/mol. The molecule has 0 N–H and O–H groups in total. The molecular weight excluding hydrogens is 312 g/mol. The topological polar surface area (TPSA) is 42.3 Å². The van der Waals surface area contributed by atoms with E-state index in [2.05, 4.69) is 13.8 Å². The maximum Gasteiger partial charge on any atom is 0.242 e. The maximum atomic E-state index is 12.7. The second-order valence-electron chi connectivity index (χ2n) is 6.95. The average Bonchev–Trinajstić information content (AvgIpc) is 2.63. The van der Waals surface area contributed by atoms with Gasteiger partial charge in [0.05, 0.1) is 11.0 Å². The fourth-order valence-electron chi connectivity index (χ4n) is 3.08. The van der Waals surface area contributed by atoms with Gasteiger partial charge in [-0.2, -0.15) is 0 Å². The highest BCUT2D eigenvalue weighted by atomic mass is 16.2. The Morgan fingerprint density at radius 2 is 1.52 bits per heavy atom. The van der Waals surface area contributed by atoms with Gasteiger partial charge in [0.2, 0.25) is 5.91 Å². The summed E-state index contributed by atoms with van der Waals surface area (Å²) in [5.74, 6) is 0.615. The standard InChI is InChI=1S/C21H24N2O2/c1-15(2)12-13-22(3)20(24)14-23-18-10-6-4-8-16(18)21(25)17-9-5-7-11-19(17)23/h4-11,15H,12-14H2,1-3H3. The fraction of sp³-hybridized carbons (Fsp3) is 0.333. The second-order valence-corrected chi connectivity index (χ2v) is 6.95. The summed E-state index contributed by atoms with van der Waals surface area (Å²) in [4.78, 5) is 27.2. The van der Waals surface area contributed by atoms with Crippen molar-refractivity contribution >= 4 is 27.7 Å². The van der Waals surface area contributed by atoms with Crippen LogP contribution in [0.3, 0.4) is 0 Å². The van der Waals surface area contributed by atoms with E-state index in [0.29, 0.717) is 16.7 Å². The summed E-state index contributed by atoms with van der Waals surface area (Å²) in [7, 11) is 1.84. The van der Waals surface area contributed by atoms with Crippen LogP contribution in [0.2, 0.25) is 0 Å². The Hall–Kier alpha value is -2.62. The van der Waals surface area contributed by atoms with Gasteiger partial charge in [0.25, 0.3) is 0 Å². The first-order valence-corrected chi connectivity index (χ1v) is 8.73. The summed E-state index contributed by atoms with van der Waals surface area (Å²) in [6, 6.07) is 15.0. The van der Waals surface area contributed by atoms with Gasteiger partial charge in [0.1, 0.15) is 6.54 Å². The van der Waals surface area contributed by atoms with E-state index in [4.69, 9.17) is 0 Å². The lowest BCUT2D eigenvalue weighted by atomic mass is 10.1. The number of hydrogen-bond donors (Lipinski definition) is 0. The smallest absolute Gasteiger partial charge is 0.242 e. The molecule has 0 unspecified atom stereocenters. The molecule has 1 aromatic heterocycles. The van der Waals surface area contributed by atoms with Crippen molar-refractivity contribution in [3.8, 4) is 0 Å². The Bertz CT molecular complexity index is 912. The monoisotopic (exact) mass is 336 g/mol. The van der Waals surface area contributed by atoms with Gasteiger partial charge in [0.15, 0.2) is 5.43 Å². The Kier molecular flexibility index (Phi) is 4.88. The molecule has 0 aliphatic carbocycles. The molecule has 0 spiro atoms. The van der Waals surface area contributed by atoms with Gasteiger partial charge in [0, 0.05) is 24.4 Å². The molecule has 4 nitrogen and oxygen atoms in total. The van der Waals surface area contributed by atoms with E-state index >= 15 is 0 Å². The van der Waals surface area contributed by atoms with E-state index < -0.39 is 0 Å².